The molecule has 0 amide bonds. The second-order valence-corrected chi connectivity index (χ2v) is 6.88. The lowest BCUT2D eigenvalue weighted by Gasteiger charge is -2.36. The van der Waals surface area contributed by atoms with Gasteiger partial charge in [-0.3, -0.25) is 4.99 Å². The van der Waals surface area contributed by atoms with Crippen molar-refractivity contribution in [1.82, 2.24) is 10.6 Å². The molecule has 4 nitrogen and oxygen atoms in total. The highest BCUT2D eigenvalue weighted by Gasteiger charge is 2.34. The Hall–Kier alpha value is -1.88. The summed E-state index contributed by atoms with van der Waals surface area (Å²) in [6, 6.07) is 7.38. The van der Waals surface area contributed by atoms with E-state index in [0.29, 0.717) is 25.8 Å². The summed E-state index contributed by atoms with van der Waals surface area (Å²) in [5.41, 5.74) is 0.870. The number of benzene rings is 1. The standard InChI is InChI=1S/C20H28FN3O/c1-2-22-19(24-18-8-3-4-9-18)23-15-20(10-12-25-13-11-20)16-6-5-7-17(21)14-16/h3-7,14,18H,2,8-13,15H2,1H3,(H2,22,23,24). The largest absolute Gasteiger partial charge is 0.381 e. The van der Waals surface area contributed by atoms with Gasteiger partial charge in [-0.1, -0.05) is 24.3 Å². The monoisotopic (exact) mass is 345 g/mol. The van der Waals surface area contributed by atoms with Crippen molar-refractivity contribution in [3.8, 4) is 0 Å². The summed E-state index contributed by atoms with van der Waals surface area (Å²) < 4.78 is 19.3. The van der Waals surface area contributed by atoms with E-state index >= 15 is 0 Å². The van der Waals surface area contributed by atoms with Gasteiger partial charge < -0.3 is 15.4 Å². The van der Waals surface area contributed by atoms with Crippen LogP contribution in [0.4, 0.5) is 4.39 Å². The van der Waals surface area contributed by atoms with E-state index in [4.69, 9.17) is 9.73 Å². The molecule has 1 aliphatic carbocycles. The molecule has 1 saturated heterocycles. The molecule has 1 aromatic carbocycles. The van der Waals surface area contributed by atoms with Crippen molar-refractivity contribution in [2.24, 2.45) is 4.99 Å². The van der Waals surface area contributed by atoms with Crippen LogP contribution in [0.25, 0.3) is 0 Å². The smallest absolute Gasteiger partial charge is 0.191 e. The molecule has 0 aromatic heterocycles. The molecule has 0 bridgehead atoms. The molecule has 3 rings (SSSR count). The van der Waals surface area contributed by atoms with Crippen LogP contribution in [0.3, 0.4) is 0 Å². The molecule has 1 heterocycles. The Morgan fingerprint density at radius 2 is 2.04 bits per heavy atom. The normalized spacial score (nSPS) is 20.6. The molecular weight excluding hydrogens is 317 g/mol. The molecule has 0 spiro atoms. The lowest BCUT2D eigenvalue weighted by atomic mass is 9.74. The van der Waals surface area contributed by atoms with Gasteiger partial charge in [0.1, 0.15) is 5.82 Å². The third kappa shape index (κ3) is 4.60. The van der Waals surface area contributed by atoms with Crippen LogP contribution in [0, 0.1) is 5.82 Å². The van der Waals surface area contributed by atoms with Gasteiger partial charge in [0.2, 0.25) is 0 Å². The quantitative estimate of drug-likeness (QED) is 0.490. The number of ether oxygens (including phenoxy) is 1. The Balaban J connectivity index is 1.78. The Kier molecular flexibility index (Phi) is 6.08. The van der Waals surface area contributed by atoms with Crippen molar-refractivity contribution in [3.63, 3.8) is 0 Å². The zero-order valence-electron chi connectivity index (χ0n) is 14.9. The number of aliphatic imine (C=N–C) groups is 1. The lowest BCUT2D eigenvalue weighted by Crippen LogP contribution is -2.44. The van der Waals surface area contributed by atoms with Crippen LogP contribution in [0.15, 0.2) is 41.4 Å². The van der Waals surface area contributed by atoms with Gasteiger partial charge in [-0.2, -0.15) is 0 Å². The van der Waals surface area contributed by atoms with Gasteiger partial charge in [-0.05, 0) is 50.3 Å². The molecule has 0 atom stereocenters. The summed E-state index contributed by atoms with van der Waals surface area (Å²) in [6.45, 7) is 4.92. The molecule has 0 radical (unpaired) electrons. The molecule has 0 unspecified atom stereocenters. The predicted octanol–water partition coefficient (Wildman–Crippen LogP) is 3.15. The molecular formula is C20H28FN3O. The highest BCUT2D eigenvalue weighted by Crippen LogP contribution is 2.35. The molecule has 1 aromatic rings. The number of hydrogen-bond acceptors (Lipinski definition) is 2. The number of rotatable bonds is 5. The second-order valence-electron chi connectivity index (χ2n) is 6.88. The van der Waals surface area contributed by atoms with E-state index in [9.17, 15) is 4.39 Å². The first-order valence-corrected chi connectivity index (χ1v) is 9.25. The van der Waals surface area contributed by atoms with Gasteiger partial charge in [0.25, 0.3) is 0 Å². The molecule has 1 aliphatic heterocycles. The first-order valence-electron chi connectivity index (χ1n) is 9.25. The van der Waals surface area contributed by atoms with Crippen molar-refractivity contribution < 1.29 is 9.13 Å². The van der Waals surface area contributed by atoms with Crippen molar-refractivity contribution in [2.75, 3.05) is 26.3 Å². The summed E-state index contributed by atoms with van der Waals surface area (Å²) in [7, 11) is 0. The summed E-state index contributed by atoms with van der Waals surface area (Å²) in [4.78, 5) is 4.87. The Morgan fingerprint density at radius 3 is 2.72 bits per heavy atom. The summed E-state index contributed by atoms with van der Waals surface area (Å²) >= 11 is 0. The Bertz CT molecular complexity index is 615. The molecule has 5 heteroatoms. The van der Waals surface area contributed by atoms with Crippen molar-refractivity contribution in [3.05, 3.63) is 47.8 Å². The van der Waals surface area contributed by atoms with Gasteiger partial charge in [-0.15, -0.1) is 0 Å². The predicted molar refractivity (Wildman–Crippen MR) is 99.4 cm³/mol. The van der Waals surface area contributed by atoms with Crippen molar-refractivity contribution >= 4 is 5.96 Å². The van der Waals surface area contributed by atoms with Crippen LogP contribution in [0.2, 0.25) is 0 Å². The number of nitrogens with one attached hydrogen (secondary N) is 2. The molecule has 2 N–H and O–H groups in total. The van der Waals surface area contributed by atoms with E-state index in [0.717, 1.165) is 43.8 Å². The highest BCUT2D eigenvalue weighted by atomic mass is 19.1. The molecule has 136 valence electrons. The van der Waals surface area contributed by atoms with Gasteiger partial charge in [-0.25, -0.2) is 4.39 Å². The summed E-state index contributed by atoms with van der Waals surface area (Å²) in [5.74, 6) is 0.660. The number of guanidine groups is 1. The van der Waals surface area contributed by atoms with E-state index in [1.54, 1.807) is 12.1 Å². The minimum absolute atomic E-state index is 0.156. The van der Waals surface area contributed by atoms with E-state index < -0.39 is 0 Å². The van der Waals surface area contributed by atoms with Gasteiger partial charge in [0.05, 0.1) is 6.54 Å². The SMILES string of the molecule is CCNC(=NCC1(c2cccc(F)c2)CCOCC1)NC1CC=CC1. The Morgan fingerprint density at radius 1 is 1.28 bits per heavy atom. The van der Waals surface area contributed by atoms with Gasteiger partial charge in [0.15, 0.2) is 5.96 Å². The number of hydrogen-bond donors (Lipinski definition) is 2. The zero-order valence-corrected chi connectivity index (χ0v) is 14.9. The maximum absolute atomic E-state index is 13.8. The van der Waals surface area contributed by atoms with Crippen molar-refractivity contribution in [1.29, 1.82) is 0 Å². The number of halogens is 1. The van der Waals surface area contributed by atoms with E-state index in [1.165, 1.54) is 6.07 Å². The second kappa shape index (κ2) is 8.48. The molecule has 1 fully saturated rings. The lowest BCUT2D eigenvalue weighted by molar-refractivity contribution is 0.0530. The number of nitrogens with zero attached hydrogens (tertiary/aromatic N) is 1. The maximum atomic E-state index is 13.8. The minimum atomic E-state index is -0.186. The fourth-order valence-corrected chi connectivity index (χ4v) is 3.60. The molecule has 2 aliphatic rings. The van der Waals surface area contributed by atoms with E-state index in [-0.39, 0.29) is 11.2 Å². The third-order valence-corrected chi connectivity index (χ3v) is 5.12. The van der Waals surface area contributed by atoms with Crippen LogP contribution in [-0.2, 0) is 10.2 Å². The first kappa shape index (κ1) is 17.9. The minimum Gasteiger partial charge on any atom is -0.381 e. The third-order valence-electron chi connectivity index (χ3n) is 5.12. The first-order chi connectivity index (χ1) is 12.2. The van der Waals surface area contributed by atoms with Crippen LogP contribution >= 0.6 is 0 Å². The Labute approximate surface area is 149 Å². The van der Waals surface area contributed by atoms with Gasteiger partial charge >= 0.3 is 0 Å². The fourth-order valence-electron chi connectivity index (χ4n) is 3.60. The summed E-state index contributed by atoms with van der Waals surface area (Å²) in [5, 5.41) is 6.84. The van der Waals surface area contributed by atoms with Crippen LogP contribution < -0.4 is 10.6 Å². The molecule has 25 heavy (non-hydrogen) atoms. The van der Waals surface area contributed by atoms with Crippen LogP contribution in [0.5, 0.6) is 0 Å². The molecule has 0 saturated carbocycles. The van der Waals surface area contributed by atoms with Crippen LogP contribution in [0.1, 0.15) is 38.2 Å². The van der Waals surface area contributed by atoms with Gasteiger partial charge in [0, 0.05) is 31.2 Å². The summed E-state index contributed by atoms with van der Waals surface area (Å²) in [6.07, 6.45) is 8.21. The zero-order chi connectivity index (χ0) is 17.5. The van der Waals surface area contributed by atoms with Crippen molar-refractivity contribution in [2.45, 2.75) is 44.1 Å². The van der Waals surface area contributed by atoms with Crippen LogP contribution in [-0.4, -0.2) is 38.3 Å². The maximum Gasteiger partial charge on any atom is 0.191 e. The average molecular weight is 345 g/mol. The topological polar surface area (TPSA) is 45.7 Å². The highest BCUT2D eigenvalue weighted by molar-refractivity contribution is 5.80. The average Bonchev–Trinajstić information content (AvgIpc) is 3.14. The van der Waals surface area contributed by atoms with E-state index in [1.807, 2.05) is 6.07 Å². The van der Waals surface area contributed by atoms with E-state index in [2.05, 4.69) is 29.7 Å². The fraction of sp³-hybridized carbons (Fsp3) is 0.550.